The van der Waals surface area contributed by atoms with Gasteiger partial charge in [0.1, 0.15) is 6.29 Å². The molecular weight excluding hydrogens is 310 g/mol. The van der Waals surface area contributed by atoms with Crippen LogP contribution >= 0.6 is 0 Å². The minimum absolute atomic E-state index is 0.443. The Morgan fingerprint density at radius 2 is 2.00 bits per heavy atom. The van der Waals surface area contributed by atoms with E-state index in [4.69, 9.17) is 0 Å². The zero-order chi connectivity index (χ0) is 18.7. The molecule has 3 rings (SSSR count). The van der Waals surface area contributed by atoms with Crippen molar-refractivity contribution in [2.45, 2.75) is 78.7 Å². The number of aromatic nitrogens is 1. The average molecular weight is 348 g/mol. The van der Waals surface area contributed by atoms with Crippen LogP contribution in [0.3, 0.4) is 0 Å². The van der Waals surface area contributed by atoms with Crippen LogP contribution < -0.4 is 10.2 Å². The lowest BCUT2D eigenvalue weighted by molar-refractivity contribution is -0.107. The SMILES string of the molecule is CC.CCCC=O.CCCc1c(N2CCNC3(CC3)C2)ccnc1C. The van der Waals surface area contributed by atoms with Crippen molar-refractivity contribution in [3.8, 4) is 0 Å². The van der Waals surface area contributed by atoms with Gasteiger partial charge in [0.25, 0.3) is 0 Å². The first-order valence-corrected chi connectivity index (χ1v) is 10.0. The first-order chi connectivity index (χ1) is 12.2. The molecule has 4 nitrogen and oxygen atoms in total. The topological polar surface area (TPSA) is 45.2 Å². The molecule has 1 aromatic rings. The number of pyridine rings is 1. The Morgan fingerprint density at radius 3 is 2.52 bits per heavy atom. The minimum Gasteiger partial charge on any atom is -0.368 e. The van der Waals surface area contributed by atoms with Crippen LogP contribution in [0.2, 0.25) is 0 Å². The summed E-state index contributed by atoms with van der Waals surface area (Å²) in [5.41, 5.74) is 4.53. The van der Waals surface area contributed by atoms with Crippen LogP contribution in [-0.2, 0) is 11.2 Å². The molecular formula is C21H37N3O. The van der Waals surface area contributed by atoms with Gasteiger partial charge in [-0.15, -0.1) is 0 Å². The van der Waals surface area contributed by atoms with E-state index in [0.717, 1.165) is 32.2 Å². The van der Waals surface area contributed by atoms with Gasteiger partial charge in [-0.3, -0.25) is 4.98 Å². The van der Waals surface area contributed by atoms with E-state index in [0.29, 0.717) is 12.0 Å². The number of rotatable bonds is 5. The van der Waals surface area contributed by atoms with Gasteiger partial charge in [0, 0.05) is 49.2 Å². The van der Waals surface area contributed by atoms with Gasteiger partial charge in [-0.1, -0.05) is 34.1 Å². The van der Waals surface area contributed by atoms with Crippen LogP contribution in [0.15, 0.2) is 12.3 Å². The van der Waals surface area contributed by atoms with E-state index in [1.54, 1.807) is 0 Å². The molecule has 0 atom stereocenters. The van der Waals surface area contributed by atoms with E-state index < -0.39 is 0 Å². The summed E-state index contributed by atoms with van der Waals surface area (Å²) < 4.78 is 0. The highest BCUT2D eigenvalue weighted by atomic mass is 16.1. The molecule has 2 heterocycles. The Hall–Kier alpha value is -1.42. The molecule has 142 valence electrons. The number of aryl methyl sites for hydroxylation is 1. The largest absolute Gasteiger partial charge is 0.368 e. The normalized spacial score (nSPS) is 17.1. The Kier molecular flexibility index (Phi) is 9.73. The van der Waals surface area contributed by atoms with Gasteiger partial charge >= 0.3 is 0 Å². The Balaban J connectivity index is 0.000000388. The number of hydrogen-bond acceptors (Lipinski definition) is 4. The Labute approximate surface area is 154 Å². The number of aldehydes is 1. The van der Waals surface area contributed by atoms with Crippen molar-refractivity contribution in [2.75, 3.05) is 24.5 Å². The summed E-state index contributed by atoms with van der Waals surface area (Å²) in [5, 5.41) is 3.68. The highest BCUT2D eigenvalue weighted by molar-refractivity contribution is 5.56. The maximum Gasteiger partial charge on any atom is 0.119 e. The second-order valence-corrected chi connectivity index (χ2v) is 6.73. The molecule has 1 saturated heterocycles. The molecule has 0 bridgehead atoms. The third kappa shape index (κ3) is 6.43. The summed E-state index contributed by atoms with van der Waals surface area (Å²) in [6, 6.07) is 2.21. The molecule has 4 heteroatoms. The maximum absolute atomic E-state index is 9.40. The Morgan fingerprint density at radius 1 is 1.28 bits per heavy atom. The van der Waals surface area contributed by atoms with Crippen LogP contribution in [0.1, 0.15) is 71.1 Å². The van der Waals surface area contributed by atoms with E-state index in [1.807, 2.05) is 27.0 Å². The monoisotopic (exact) mass is 347 g/mol. The first-order valence-electron chi connectivity index (χ1n) is 10.0. The first kappa shape index (κ1) is 21.6. The third-order valence-corrected chi connectivity index (χ3v) is 4.72. The van der Waals surface area contributed by atoms with Crippen molar-refractivity contribution < 1.29 is 4.79 Å². The average Bonchev–Trinajstić information content (AvgIpc) is 3.38. The molecule has 1 spiro atoms. The predicted molar refractivity (Wildman–Crippen MR) is 107 cm³/mol. The summed E-state index contributed by atoms with van der Waals surface area (Å²) in [7, 11) is 0. The van der Waals surface area contributed by atoms with Crippen molar-refractivity contribution >= 4 is 12.0 Å². The molecule has 1 saturated carbocycles. The molecule has 0 amide bonds. The minimum atomic E-state index is 0.443. The molecule has 25 heavy (non-hydrogen) atoms. The van der Waals surface area contributed by atoms with Crippen molar-refractivity contribution in [3.05, 3.63) is 23.5 Å². The number of unbranched alkanes of at least 4 members (excludes halogenated alkanes) is 1. The molecule has 1 N–H and O–H groups in total. The van der Waals surface area contributed by atoms with Crippen molar-refractivity contribution in [1.29, 1.82) is 0 Å². The molecule has 0 aromatic carbocycles. The van der Waals surface area contributed by atoms with E-state index in [1.165, 1.54) is 42.8 Å². The number of nitrogens with zero attached hydrogens (tertiary/aromatic N) is 2. The molecule has 0 radical (unpaired) electrons. The number of anilines is 1. The molecule has 1 aromatic heterocycles. The molecule has 1 aliphatic heterocycles. The quantitative estimate of drug-likeness (QED) is 0.807. The fourth-order valence-corrected chi connectivity index (χ4v) is 3.20. The van der Waals surface area contributed by atoms with E-state index in [9.17, 15) is 4.79 Å². The Bertz CT molecular complexity index is 512. The second-order valence-electron chi connectivity index (χ2n) is 6.73. The number of piperazine rings is 1. The fraction of sp³-hybridized carbons (Fsp3) is 0.714. The smallest absolute Gasteiger partial charge is 0.119 e. The van der Waals surface area contributed by atoms with Gasteiger partial charge in [0.2, 0.25) is 0 Å². The second kappa shape index (κ2) is 11.2. The van der Waals surface area contributed by atoms with Gasteiger partial charge in [0.05, 0.1) is 0 Å². The van der Waals surface area contributed by atoms with Crippen LogP contribution in [0, 0.1) is 6.92 Å². The van der Waals surface area contributed by atoms with Gasteiger partial charge in [0.15, 0.2) is 0 Å². The van der Waals surface area contributed by atoms with E-state index in [2.05, 4.69) is 35.1 Å². The zero-order valence-electron chi connectivity index (χ0n) is 16.9. The van der Waals surface area contributed by atoms with E-state index in [-0.39, 0.29) is 0 Å². The van der Waals surface area contributed by atoms with Gasteiger partial charge in [-0.05, 0) is 44.2 Å². The summed E-state index contributed by atoms with van der Waals surface area (Å²) in [4.78, 5) is 16.4. The summed E-state index contributed by atoms with van der Waals surface area (Å²) in [5.74, 6) is 0. The number of hydrogen-bond donors (Lipinski definition) is 1. The summed E-state index contributed by atoms with van der Waals surface area (Å²) in [6.45, 7) is 13.8. The van der Waals surface area contributed by atoms with Crippen LogP contribution in [0.4, 0.5) is 5.69 Å². The maximum atomic E-state index is 9.40. The molecule has 2 aliphatic rings. The van der Waals surface area contributed by atoms with Crippen molar-refractivity contribution in [2.24, 2.45) is 0 Å². The highest BCUT2D eigenvalue weighted by Gasteiger charge is 2.45. The van der Waals surface area contributed by atoms with Gasteiger partial charge in [-0.25, -0.2) is 0 Å². The number of nitrogens with one attached hydrogen (secondary N) is 1. The molecule has 2 fully saturated rings. The fourth-order valence-electron chi connectivity index (χ4n) is 3.20. The summed E-state index contributed by atoms with van der Waals surface area (Å²) >= 11 is 0. The van der Waals surface area contributed by atoms with Gasteiger partial charge < -0.3 is 15.0 Å². The van der Waals surface area contributed by atoms with Crippen LogP contribution in [-0.4, -0.2) is 36.4 Å². The third-order valence-electron chi connectivity index (χ3n) is 4.72. The van der Waals surface area contributed by atoms with E-state index >= 15 is 0 Å². The molecule has 1 aliphatic carbocycles. The number of carbonyl (C=O) groups is 1. The van der Waals surface area contributed by atoms with Crippen LogP contribution in [0.25, 0.3) is 0 Å². The van der Waals surface area contributed by atoms with Crippen molar-refractivity contribution in [1.82, 2.24) is 10.3 Å². The van der Waals surface area contributed by atoms with Crippen molar-refractivity contribution in [3.63, 3.8) is 0 Å². The van der Waals surface area contributed by atoms with Gasteiger partial charge in [-0.2, -0.15) is 0 Å². The lowest BCUT2D eigenvalue weighted by atomic mass is 10.0. The highest BCUT2D eigenvalue weighted by Crippen LogP contribution is 2.39. The van der Waals surface area contributed by atoms with Crippen LogP contribution in [0.5, 0.6) is 0 Å². The zero-order valence-corrected chi connectivity index (χ0v) is 16.9. The predicted octanol–water partition coefficient (Wildman–Crippen LogP) is 4.30. The molecule has 0 unspecified atom stereocenters. The lowest BCUT2D eigenvalue weighted by Gasteiger charge is -2.37. The standard InChI is InChI=1S/C15H23N3.C4H8O.C2H6/c1-3-4-13-12(2)16-8-5-14(13)18-10-9-17-15(11-18)6-7-15;1-2-3-4-5;1-2/h5,8,17H,3-4,6-7,9-11H2,1-2H3;4H,2-3H2,1H3;1-2H3. The lowest BCUT2D eigenvalue weighted by Crippen LogP contribution is -2.52. The summed E-state index contributed by atoms with van der Waals surface area (Å²) in [6.07, 6.45) is 9.60. The number of carbonyl (C=O) groups excluding carboxylic acids is 1.